The van der Waals surface area contributed by atoms with E-state index in [-0.39, 0.29) is 11.5 Å². The van der Waals surface area contributed by atoms with Gasteiger partial charge in [-0.1, -0.05) is 59.9 Å². The Morgan fingerprint density at radius 1 is 0.956 bits per heavy atom. The molecule has 0 saturated heterocycles. The van der Waals surface area contributed by atoms with Gasteiger partial charge in [0.05, 0.1) is 34.1 Å². The van der Waals surface area contributed by atoms with Crippen LogP contribution in [0.3, 0.4) is 0 Å². The first kappa shape index (κ1) is 30.1. The predicted octanol–water partition coefficient (Wildman–Crippen LogP) is 6.30. The minimum absolute atomic E-state index is 0.188. The number of nitrogens with zero attached hydrogens (tertiary/aromatic N) is 3. The molecule has 0 aliphatic carbocycles. The monoisotopic (exact) mass is 616 g/mol. The lowest BCUT2D eigenvalue weighted by atomic mass is 9.95. The molecular formula is C37H36N4O3S. The topological polar surface area (TPSA) is 77.6 Å². The fourth-order valence-corrected chi connectivity index (χ4v) is 7.18. The zero-order valence-corrected chi connectivity index (χ0v) is 27.2. The number of carbonyl (C=O) groups excluding carboxylic acids is 1. The average Bonchev–Trinajstić information content (AvgIpc) is 3.47. The number of thiazole rings is 1. The maximum atomic E-state index is 14.3. The van der Waals surface area contributed by atoms with Gasteiger partial charge in [-0.05, 0) is 100 Å². The summed E-state index contributed by atoms with van der Waals surface area (Å²) in [5.74, 6) is 0.427. The fraction of sp³-hybridized carbons (Fsp3) is 0.216. The number of amides is 1. The third-order valence-corrected chi connectivity index (χ3v) is 9.21. The second-order valence-electron chi connectivity index (χ2n) is 11.3. The van der Waals surface area contributed by atoms with Crippen LogP contribution in [0.2, 0.25) is 0 Å². The van der Waals surface area contributed by atoms with Crippen LogP contribution in [0.4, 0.5) is 5.69 Å². The first-order valence-corrected chi connectivity index (χ1v) is 15.9. The molecule has 1 atom stereocenters. The first-order valence-electron chi connectivity index (χ1n) is 15.0. The highest BCUT2D eigenvalue weighted by molar-refractivity contribution is 7.07. The molecule has 8 heteroatoms. The Morgan fingerprint density at radius 3 is 2.31 bits per heavy atom. The van der Waals surface area contributed by atoms with Gasteiger partial charge in [-0.3, -0.25) is 14.2 Å². The Balaban J connectivity index is 1.50. The van der Waals surface area contributed by atoms with E-state index in [9.17, 15) is 9.59 Å². The molecule has 7 nitrogen and oxygen atoms in total. The first-order chi connectivity index (χ1) is 21.7. The Labute approximate surface area is 266 Å². The van der Waals surface area contributed by atoms with Gasteiger partial charge in [0.15, 0.2) is 4.80 Å². The zero-order valence-electron chi connectivity index (χ0n) is 26.3. The standard InChI is InChI=1S/C37H36N4O3S/c1-7-44-30-18-16-27(17-19-30)34-32(35(42)39-29-14-9-8-10-15-29)25(5)38-37-41(34)36(43)31(45-37)21-28-20-24(4)40(26(28)6)33-22(2)12-11-13-23(33)3/h8-21,34H,7H2,1-6H3,(H,39,42)/b31-21-/t34-/m0/s1. The summed E-state index contributed by atoms with van der Waals surface area (Å²) in [6.45, 7) is 12.7. The molecule has 0 unspecified atom stereocenters. The number of para-hydroxylation sites is 2. The van der Waals surface area contributed by atoms with Gasteiger partial charge < -0.3 is 14.6 Å². The van der Waals surface area contributed by atoms with Gasteiger partial charge in [0.2, 0.25) is 0 Å². The van der Waals surface area contributed by atoms with E-state index in [4.69, 9.17) is 9.73 Å². The summed E-state index contributed by atoms with van der Waals surface area (Å²) in [5.41, 5.74) is 8.93. The van der Waals surface area contributed by atoms with Crippen molar-refractivity contribution in [3.05, 3.63) is 143 Å². The van der Waals surface area contributed by atoms with Crippen LogP contribution in [0.25, 0.3) is 11.8 Å². The van der Waals surface area contributed by atoms with Crippen LogP contribution in [0.5, 0.6) is 5.75 Å². The molecule has 5 aromatic rings. The van der Waals surface area contributed by atoms with Crippen molar-refractivity contribution in [1.82, 2.24) is 9.13 Å². The number of nitrogens with one attached hydrogen (secondary N) is 1. The van der Waals surface area contributed by atoms with Gasteiger partial charge in [0, 0.05) is 17.1 Å². The van der Waals surface area contributed by atoms with Crippen molar-refractivity contribution >= 4 is 29.0 Å². The van der Waals surface area contributed by atoms with Crippen molar-refractivity contribution < 1.29 is 9.53 Å². The number of benzene rings is 3. The maximum absolute atomic E-state index is 14.3. The molecule has 3 heterocycles. The number of carbonyl (C=O) groups is 1. The number of fused-ring (bicyclic) bond motifs is 1. The van der Waals surface area contributed by atoms with Gasteiger partial charge in [-0.15, -0.1) is 0 Å². The third kappa shape index (κ3) is 5.58. The van der Waals surface area contributed by atoms with E-state index in [1.807, 2.05) is 74.5 Å². The van der Waals surface area contributed by atoms with Crippen molar-refractivity contribution in [3.8, 4) is 11.4 Å². The Hall–Kier alpha value is -4.95. The number of ether oxygens (including phenoxy) is 1. The molecule has 1 amide bonds. The van der Waals surface area contributed by atoms with Crippen LogP contribution in [0.1, 0.15) is 53.5 Å². The van der Waals surface area contributed by atoms with Crippen molar-refractivity contribution in [1.29, 1.82) is 0 Å². The normalized spacial score (nSPS) is 14.7. The Kier molecular flexibility index (Phi) is 8.16. The van der Waals surface area contributed by atoms with Gasteiger partial charge in [0.25, 0.3) is 11.5 Å². The quantitative estimate of drug-likeness (QED) is 0.233. The molecule has 45 heavy (non-hydrogen) atoms. The van der Waals surface area contributed by atoms with Crippen molar-refractivity contribution in [2.45, 2.75) is 47.6 Å². The number of aromatic nitrogens is 2. The van der Waals surface area contributed by atoms with Crippen molar-refractivity contribution in [2.24, 2.45) is 4.99 Å². The molecule has 228 valence electrons. The second kappa shape index (κ2) is 12.2. The van der Waals surface area contributed by atoms with Gasteiger partial charge in [-0.25, -0.2) is 4.99 Å². The van der Waals surface area contributed by atoms with E-state index in [0.29, 0.717) is 32.9 Å². The van der Waals surface area contributed by atoms with E-state index in [1.165, 1.54) is 22.5 Å². The van der Waals surface area contributed by atoms with E-state index < -0.39 is 6.04 Å². The number of hydrogen-bond donors (Lipinski definition) is 1. The van der Waals surface area contributed by atoms with Crippen LogP contribution in [-0.4, -0.2) is 21.6 Å². The highest BCUT2D eigenvalue weighted by atomic mass is 32.1. The molecule has 1 N–H and O–H groups in total. The zero-order chi connectivity index (χ0) is 31.8. The molecule has 6 rings (SSSR count). The summed E-state index contributed by atoms with van der Waals surface area (Å²) in [6, 6.07) is 24.7. The average molecular weight is 617 g/mol. The lowest BCUT2D eigenvalue weighted by Gasteiger charge is -2.25. The molecule has 0 bridgehead atoms. The number of rotatable bonds is 7. The summed E-state index contributed by atoms with van der Waals surface area (Å²) >= 11 is 1.34. The van der Waals surface area contributed by atoms with Crippen LogP contribution >= 0.6 is 11.3 Å². The van der Waals surface area contributed by atoms with Gasteiger partial charge in [0.1, 0.15) is 5.75 Å². The Morgan fingerprint density at radius 2 is 1.64 bits per heavy atom. The van der Waals surface area contributed by atoms with Crippen molar-refractivity contribution in [3.63, 3.8) is 0 Å². The molecule has 0 radical (unpaired) electrons. The SMILES string of the molecule is CCOc1ccc([C@H]2C(C(=O)Nc3ccccc3)=C(C)N=c3s/c(=C\c4cc(C)n(-c5c(C)cccc5C)c4C)c(=O)n32)cc1. The lowest BCUT2D eigenvalue weighted by Crippen LogP contribution is -2.40. The molecule has 0 fully saturated rings. The molecule has 0 saturated carbocycles. The summed E-state index contributed by atoms with van der Waals surface area (Å²) in [4.78, 5) is 33.5. The smallest absolute Gasteiger partial charge is 0.271 e. The van der Waals surface area contributed by atoms with E-state index in [2.05, 4.69) is 61.8 Å². The molecule has 3 aromatic carbocycles. The number of aryl methyl sites for hydroxylation is 3. The van der Waals surface area contributed by atoms with Crippen LogP contribution in [0, 0.1) is 27.7 Å². The molecule has 0 spiro atoms. The maximum Gasteiger partial charge on any atom is 0.271 e. The number of anilines is 1. The largest absolute Gasteiger partial charge is 0.494 e. The summed E-state index contributed by atoms with van der Waals surface area (Å²) in [6.07, 6.45) is 1.95. The number of hydrogen-bond acceptors (Lipinski definition) is 5. The number of allylic oxidation sites excluding steroid dienone is 1. The highest BCUT2D eigenvalue weighted by Crippen LogP contribution is 2.32. The lowest BCUT2D eigenvalue weighted by molar-refractivity contribution is -0.113. The van der Waals surface area contributed by atoms with Gasteiger partial charge >= 0.3 is 0 Å². The third-order valence-electron chi connectivity index (χ3n) is 8.22. The summed E-state index contributed by atoms with van der Waals surface area (Å²) < 4.78 is 10.1. The minimum Gasteiger partial charge on any atom is -0.494 e. The molecular weight excluding hydrogens is 580 g/mol. The second-order valence-corrected chi connectivity index (χ2v) is 12.3. The highest BCUT2D eigenvalue weighted by Gasteiger charge is 2.32. The van der Waals surface area contributed by atoms with Crippen LogP contribution < -0.4 is 24.9 Å². The fourth-order valence-electron chi connectivity index (χ4n) is 6.14. The minimum atomic E-state index is -0.662. The summed E-state index contributed by atoms with van der Waals surface area (Å²) in [7, 11) is 0. The van der Waals surface area contributed by atoms with Crippen LogP contribution in [-0.2, 0) is 4.79 Å². The van der Waals surface area contributed by atoms with E-state index in [0.717, 1.165) is 34.0 Å². The molecule has 1 aliphatic rings. The van der Waals surface area contributed by atoms with E-state index in [1.54, 1.807) is 4.57 Å². The molecule has 1 aliphatic heterocycles. The Bertz CT molecular complexity index is 2110. The summed E-state index contributed by atoms with van der Waals surface area (Å²) in [5, 5.41) is 3.01. The van der Waals surface area contributed by atoms with Gasteiger partial charge in [-0.2, -0.15) is 0 Å². The van der Waals surface area contributed by atoms with Crippen molar-refractivity contribution in [2.75, 3.05) is 11.9 Å². The molecule has 2 aromatic heterocycles. The van der Waals surface area contributed by atoms with E-state index >= 15 is 0 Å². The predicted molar refractivity (Wildman–Crippen MR) is 181 cm³/mol. The van der Waals surface area contributed by atoms with Crippen LogP contribution in [0.15, 0.2) is 99.9 Å².